The van der Waals surface area contributed by atoms with Gasteiger partial charge in [-0.2, -0.15) is 5.10 Å². The molecule has 0 fully saturated rings. The van der Waals surface area contributed by atoms with E-state index in [1.54, 1.807) is 10.7 Å². The first-order chi connectivity index (χ1) is 8.90. The molecule has 0 unspecified atom stereocenters. The van der Waals surface area contributed by atoms with E-state index in [2.05, 4.69) is 21.0 Å². The van der Waals surface area contributed by atoms with E-state index in [1.165, 1.54) is 6.20 Å². The molecular weight excluding hydrogens is 328 g/mol. The van der Waals surface area contributed by atoms with Gasteiger partial charge in [-0.05, 0) is 44.5 Å². The van der Waals surface area contributed by atoms with Gasteiger partial charge in [0.2, 0.25) is 5.78 Å². The average molecular weight is 342 g/mol. The Hall–Kier alpha value is -1.13. The quantitative estimate of drug-likeness (QED) is 0.775. The molecule has 1 aromatic carbocycles. The van der Waals surface area contributed by atoms with Gasteiger partial charge in [0, 0.05) is 16.1 Å². The summed E-state index contributed by atoms with van der Waals surface area (Å²) in [6.07, 6.45) is 1.51. The molecule has 0 aliphatic heterocycles. The van der Waals surface area contributed by atoms with Gasteiger partial charge in [0.1, 0.15) is 5.69 Å². The van der Waals surface area contributed by atoms with Gasteiger partial charge in [-0.1, -0.05) is 27.5 Å². The van der Waals surface area contributed by atoms with Crippen molar-refractivity contribution in [2.45, 2.75) is 26.8 Å². The zero-order valence-electron chi connectivity index (χ0n) is 10.9. The van der Waals surface area contributed by atoms with Crippen LogP contribution < -0.4 is 0 Å². The van der Waals surface area contributed by atoms with Gasteiger partial charge in [-0.25, -0.2) is 0 Å². The number of aryl methyl sites for hydroxylation is 1. The number of ketones is 1. The van der Waals surface area contributed by atoms with Crippen molar-refractivity contribution in [3.05, 3.63) is 50.7 Å². The summed E-state index contributed by atoms with van der Waals surface area (Å²) >= 11 is 9.50. The highest BCUT2D eigenvalue weighted by molar-refractivity contribution is 9.10. The second kappa shape index (κ2) is 5.47. The minimum Gasteiger partial charge on any atom is -0.287 e. The standard InChI is InChI=1S/C14H14BrClN2O/c1-8(2)18-13(12(16)7-17-18)14(19)10-4-9(3)5-11(15)6-10/h4-8H,1-3H3. The number of hydrogen-bond acceptors (Lipinski definition) is 2. The molecule has 0 atom stereocenters. The first kappa shape index (κ1) is 14.3. The smallest absolute Gasteiger partial charge is 0.212 e. The number of aromatic nitrogens is 2. The van der Waals surface area contributed by atoms with E-state index in [0.29, 0.717) is 16.3 Å². The van der Waals surface area contributed by atoms with E-state index in [-0.39, 0.29) is 11.8 Å². The molecule has 0 aliphatic carbocycles. The Morgan fingerprint density at radius 3 is 2.63 bits per heavy atom. The van der Waals surface area contributed by atoms with Gasteiger partial charge in [-0.3, -0.25) is 9.48 Å². The lowest BCUT2D eigenvalue weighted by molar-refractivity contribution is 0.102. The van der Waals surface area contributed by atoms with E-state index in [4.69, 9.17) is 11.6 Å². The fourth-order valence-electron chi connectivity index (χ4n) is 1.95. The molecule has 0 radical (unpaired) electrons. The van der Waals surface area contributed by atoms with Gasteiger partial charge < -0.3 is 0 Å². The maximum atomic E-state index is 12.6. The van der Waals surface area contributed by atoms with Crippen molar-refractivity contribution in [3.8, 4) is 0 Å². The molecule has 0 saturated heterocycles. The molecule has 19 heavy (non-hydrogen) atoms. The summed E-state index contributed by atoms with van der Waals surface area (Å²) in [6, 6.07) is 5.68. The highest BCUT2D eigenvalue weighted by Gasteiger charge is 2.21. The van der Waals surface area contributed by atoms with Crippen LogP contribution in [0.3, 0.4) is 0 Å². The van der Waals surface area contributed by atoms with E-state index < -0.39 is 0 Å². The van der Waals surface area contributed by atoms with Crippen LogP contribution in [0.2, 0.25) is 5.02 Å². The molecule has 100 valence electrons. The van der Waals surface area contributed by atoms with Crippen molar-refractivity contribution in [2.24, 2.45) is 0 Å². The van der Waals surface area contributed by atoms with Gasteiger partial charge in [0.25, 0.3) is 0 Å². The van der Waals surface area contributed by atoms with Crippen LogP contribution >= 0.6 is 27.5 Å². The van der Waals surface area contributed by atoms with Gasteiger partial charge in [-0.15, -0.1) is 0 Å². The molecule has 0 N–H and O–H groups in total. The predicted molar refractivity (Wildman–Crippen MR) is 79.9 cm³/mol. The lowest BCUT2D eigenvalue weighted by atomic mass is 10.1. The van der Waals surface area contributed by atoms with Crippen LogP contribution in [0.5, 0.6) is 0 Å². The molecule has 0 bridgehead atoms. The molecule has 0 amide bonds. The molecule has 2 rings (SSSR count). The molecule has 0 spiro atoms. The number of carbonyl (C=O) groups excluding carboxylic acids is 1. The maximum Gasteiger partial charge on any atom is 0.212 e. The first-order valence-corrected chi connectivity index (χ1v) is 7.12. The van der Waals surface area contributed by atoms with Crippen LogP contribution in [-0.2, 0) is 0 Å². The van der Waals surface area contributed by atoms with E-state index in [0.717, 1.165) is 10.0 Å². The predicted octanol–water partition coefficient (Wildman–Crippen LogP) is 4.42. The SMILES string of the molecule is Cc1cc(Br)cc(C(=O)c2c(Cl)cnn2C(C)C)c1. The minimum absolute atomic E-state index is 0.0831. The topological polar surface area (TPSA) is 34.9 Å². The van der Waals surface area contributed by atoms with Crippen molar-refractivity contribution in [2.75, 3.05) is 0 Å². The Labute approximate surface area is 125 Å². The van der Waals surface area contributed by atoms with Crippen LogP contribution in [0.15, 0.2) is 28.9 Å². The molecule has 2 aromatic rings. The van der Waals surface area contributed by atoms with Crippen molar-refractivity contribution in [1.82, 2.24) is 9.78 Å². The fraction of sp³-hybridized carbons (Fsp3) is 0.286. The fourth-order valence-corrected chi connectivity index (χ4v) is 2.77. The second-order valence-corrected chi connectivity index (χ2v) is 6.05. The normalized spacial score (nSPS) is 11.1. The molecule has 5 heteroatoms. The number of halogens is 2. The number of carbonyl (C=O) groups is 1. The molecule has 1 aromatic heterocycles. The highest BCUT2D eigenvalue weighted by Crippen LogP contribution is 2.24. The number of benzene rings is 1. The lowest BCUT2D eigenvalue weighted by Crippen LogP contribution is -2.14. The Morgan fingerprint density at radius 1 is 1.37 bits per heavy atom. The van der Waals surface area contributed by atoms with Crippen molar-refractivity contribution in [1.29, 1.82) is 0 Å². The van der Waals surface area contributed by atoms with Crippen molar-refractivity contribution < 1.29 is 4.79 Å². The van der Waals surface area contributed by atoms with E-state index >= 15 is 0 Å². The van der Waals surface area contributed by atoms with Crippen LogP contribution in [-0.4, -0.2) is 15.6 Å². The van der Waals surface area contributed by atoms with Crippen LogP contribution in [0, 0.1) is 6.92 Å². The third-order valence-corrected chi connectivity index (χ3v) is 3.49. The summed E-state index contributed by atoms with van der Waals surface area (Å²) in [5, 5.41) is 4.54. The molecular formula is C14H14BrClN2O. The van der Waals surface area contributed by atoms with Crippen LogP contribution in [0.4, 0.5) is 0 Å². The minimum atomic E-state index is -0.111. The summed E-state index contributed by atoms with van der Waals surface area (Å²) in [4.78, 5) is 12.6. The monoisotopic (exact) mass is 340 g/mol. The Bertz CT molecular complexity index is 614. The van der Waals surface area contributed by atoms with Gasteiger partial charge >= 0.3 is 0 Å². The molecule has 0 aliphatic rings. The lowest BCUT2D eigenvalue weighted by Gasteiger charge is -2.11. The first-order valence-electron chi connectivity index (χ1n) is 5.95. The van der Waals surface area contributed by atoms with Crippen molar-refractivity contribution >= 4 is 33.3 Å². The molecule has 0 saturated carbocycles. The summed E-state index contributed by atoms with van der Waals surface area (Å²) in [6.45, 7) is 5.88. The second-order valence-electron chi connectivity index (χ2n) is 4.73. The highest BCUT2D eigenvalue weighted by atomic mass is 79.9. The average Bonchev–Trinajstić information content (AvgIpc) is 2.69. The van der Waals surface area contributed by atoms with Gasteiger partial charge in [0.15, 0.2) is 0 Å². The third-order valence-electron chi connectivity index (χ3n) is 2.76. The summed E-state index contributed by atoms with van der Waals surface area (Å²) < 4.78 is 2.53. The largest absolute Gasteiger partial charge is 0.287 e. The molecule has 1 heterocycles. The zero-order chi connectivity index (χ0) is 14.2. The van der Waals surface area contributed by atoms with Crippen LogP contribution in [0.25, 0.3) is 0 Å². The number of rotatable bonds is 3. The number of hydrogen-bond donors (Lipinski definition) is 0. The summed E-state index contributed by atoms with van der Waals surface area (Å²) in [7, 11) is 0. The van der Waals surface area contributed by atoms with Gasteiger partial charge in [0.05, 0.1) is 11.2 Å². The maximum absolute atomic E-state index is 12.6. The van der Waals surface area contributed by atoms with Crippen LogP contribution in [0.1, 0.15) is 41.5 Å². The Morgan fingerprint density at radius 2 is 2.05 bits per heavy atom. The van der Waals surface area contributed by atoms with E-state index in [1.807, 2.05) is 32.9 Å². The Kier molecular flexibility index (Phi) is 4.11. The number of nitrogens with zero attached hydrogens (tertiary/aromatic N) is 2. The van der Waals surface area contributed by atoms with E-state index in [9.17, 15) is 4.79 Å². The zero-order valence-corrected chi connectivity index (χ0v) is 13.3. The molecule has 3 nitrogen and oxygen atoms in total. The summed E-state index contributed by atoms with van der Waals surface area (Å²) in [5.74, 6) is -0.111. The third kappa shape index (κ3) is 2.90. The van der Waals surface area contributed by atoms with Crippen molar-refractivity contribution in [3.63, 3.8) is 0 Å². The Balaban J connectivity index is 2.53. The summed E-state index contributed by atoms with van der Waals surface area (Å²) in [5.41, 5.74) is 2.06.